The highest BCUT2D eigenvalue weighted by Crippen LogP contribution is 2.50. The van der Waals surface area contributed by atoms with Crippen molar-refractivity contribution in [2.45, 2.75) is 52.1 Å². The van der Waals surface area contributed by atoms with Crippen LogP contribution in [0.5, 0.6) is 0 Å². The van der Waals surface area contributed by atoms with Crippen LogP contribution in [-0.2, 0) is 9.36 Å². The smallest absolute Gasteiger partial charge is 0.351 e. The van der Waals surface area contributed by atoms with Crippen LogP contribution in [0.4, 0.5) is 0 Å². The second kappa shape index (κ2) is 6.85. The van der Waals surface area contributed by atoms with E-state index in [0.717, 1.165) is 6.42 Å². The molecule has 0 unspecified atom stereocenters. The van der Waals surface area contributed by atoms with E-state index >= 15 is 0 Å². The fourth-order valence-electron chi connectivity index (χ4n) is 2.73. The minimum Gasteiger partial charge on any atom is -0.353 e. The second-order valence-electron chi connectivity index (χ2n) is 5.94. The van der Waals surface area contributed by atoms with Gasteiger partial charge < -0.3 is 20.8 Å². The Hall–Kier alpha value is -0.680. The van der Waals surface area contributed by atoms with Crippen LogP contribution in [0.1, 0.15) is 40.0 Å². The van der Waals surface area contributed by atoms with E-state index in [-0.39, 0.29) is 35.6 Å². The van der Waals surface area contributed by atoms with Gasteiger partial charge in [0.1, 0.15) is 0 Å². The second-order valence-corrected chi connectivity index (χ2v) is 7.61. The molecule has 1 amide bonds. The highest BCUT2D eigenvalue weighted by Gasteiger charge is 2.35. The van der Waals surface area contributed by atoms with Crippen molar-refractivity contribution in [1.82, 2.24) is 5.32 Å². The molecule has 0 aromatic rings. The summed E-state index contributed by atoms with van der Waals surface area (Å²) in [6.07, 6.45) is 3.06. The normalized spacial score (nSPS) is 25.2. The molecule has 0 aliphatic heterocycles. The highest BCUT2D eigenvalue weighted by atomic mass is 31.2. The van der Waals surface area contributed by atoms with Crippen LogP contribution in [0.25, 0.3) is 0 Å². The number of carbonyl (C=O) groups is 1. The van der Waals surface area contributed by atoms with Crippen molar-refractivity contribution in [2.75, 3.05) is 0 Å². The standard InChI is InChI=1S/C13H25N2O4P/c1-8(2)6-13(15-9(3)16)11-5-4-10(7-12(11)14)20(17,18)19/h4,8,11-13H,5-7,14H2,1-3H3,(H,15,16)(H2,17,18,19)/t11-,12-,13-/m0/s1. The molecule has 7 heteroatoms. The molecule has 116 valence electrons. The lowest BCUT2D eigenvalue weighted by Crippen LogP contribution is -2.48. The molecule has 0 aromatic carbocycles. The molecular formula is C13H25N2O4P. The molecule has 20 heavy (non-hydrogen) atoms. The van der Waals surface area contributed by atoms with Crippen molar-refractivity contribution in [3.8, 4) is 0 Å². The number of nitrogens with one attached hydrogen (secondary N) is 1. The van der Waals surface area contributed by atoms with Gasteiger partial charge in [0.2, 0.25) is 5.91 Å². The molecule has 1 aliphatic carbocycles. The SMILES string of the molecule is CC(=O)N[C@@H](CC(C)C)[C@H]1CC=C(P(=O)(O)O)C[C@@H]1N. The van der Waals surface area contributed by atoms with Gasteiger partial charge in [0.15, 0.2) is 0 Å². The van der Waals surface area contributed by atoms with E-state index in [0.29, 0.717) is 12.3 Å². The van der Waals surface area contributed by atoms with E-state index in [4.69, 9.17) is 5.73 Å². The molecule has 0 saturated carbocycles. The molecule has 5 N–H and O–H groups in total. The lowest BCUT2D eigenvalue weighted by Gasteiger charge is -2.36. The van der Waals surface area contributed by atoms with E-state index in [9.17, 15) is 19.1 Å². The predicted octanol–water partition coefficient (Wildman–Crippen LogP) is 1.34. The number of allylic oxidation sites excluding steroid dienone is 1. The third-order valence-corrected chi connectivity index (χ3v) is 4.74. The van der Waals surface area contributed by atoms with E-state index in [1.165, 1.54) is 6.92 Å². The van der Waals surface area contributed by atoms with Crippen molar-refractivity contribution in [3.05, 3.63) is 11.4 Å². The molecule has 0 spiro atoms. The average Bonchev–Trinajstić information content (AvgIpc) is 2.25. The third kappa shape index (κ3) is 5.02. The Morgan fingerprint density at radius 1 is 1.55 bits per heavy atom. The Labute approximate surface area is 120 Å². The van der Waals surface area contributed by atoms with Crippen LogP contribution in [-0.4, -0.2) is 27.8 Å². The zero-order chi connectivity index (χ0) is 15.5. The van der Waals surface area contributed by atoms with Gasteiger partial charge in [-0.3, -0.25) is 9.36 Å². The topological polar surface area (TPSA) is 113 Å². The molecular weight excluding hydrogens is 279 g/mol. The minimum atomic E-state index is -4.20. The number of carbonyl (C=O) groups excluding carboxylic acids is 1. The van der Waals surface area contributed by atoms with Crippen LogP contribution in [0.15, 0.2) is 11.4 Å². The molecule has 0 heterocycles. The largest absolute Gasteiger partial charge is 0.353 e. The lowest BCUT2D eigenvalue weighted by atomic mass is 9.80. The van der Waals surface area contributed by atoms with Crippen LogP contribution in [0.2, 0.25) is 0 Å². The Morgan fingerprint density at radius 3 is 2.55 bits per heavy atom. The average molecular weight is 304 g/mol. The predicted molar refractivity (Wildman–Crippen MR) is 77.9 cm³/mol. The van der Waals surface area contributed by atoms with Crippen molar-refractivity contribution in [3.63, 3.8) is 0 Å². The highest BCUT2D eigenvalue weighted by molar-refractivity contribution is 7.56. The molecule has 0 fully saturated rings. The molecule has 1 aliphatic rings. The van der Waals surface area contributed by atoms with Gasteiger partial charge in [0.25, 0.3) is 0 Å². The summed E-state index contributed by atoms with van der Waals surface area (Å²) in [5.74, 6) is 0.315. The molecule has 0 aromatic heterocycles. The first-order valence-corrected chi connectivity index (χ1v) is 8.50. The van der Waals surface area contributed by atoms with Gasteiger partial charge in [-0.25, -0.2) is 0 Å². The van der Waals surface area contributed by atoms with E-state index in [1.54, 1.807) is 6.08 Å². The molecule has 3 atom stereocenters. The number of hydrogen-bond donors (Lipinski definition) is 4. The van der Waals surface area contributed by atoms with Gasteiger partial charge in [-0.1, -0.05) is 19.9 Å². The minimum absolute atomic E-state index is 0.0107. The summed E-state index contributed by atoms with van der Waals surface area (Å²) in [6.45, 7) is 5.61. The molecule has 0 bridgehead atoms. The fourth-order valence-corrected chi connectivity index (χ4v) is 3.53. The van der Waals surface area contributed by atoms with Crippen molar-refractivity contribution in [1.29, 1.82) is 0 Å². The summed E-state index contributed by atoms with van der Waals surface area (Å²) in [5, 5.41) is 3.04. The van der Waals surface area contributed by atoms with Crippen molar-refractivity contribution in [2.24, 2.45) is 17.6 Å². The molecule has 0 radical (unpaired) electrons. The third-order valence-electron chi connectivity index (χ3n) is 3.63. The lowest BCUT2D eigenvalue weighted by molar-refractivity contribution is -0.120. The maximum atomic E-state index is 11.3. The van der Waals surface area contributed by atoms with E-state index in [2.05, 4.69) is 19.2 Å². The van der Waals surface area contributed by atoms with Gasteiger partial charge in [-0.15, -0.1) is 0 Å². The summed E-state index contributed by atoms with van der Waals surface area (Å²) in [6, 6.07) is -0.407. The van der Waals surface area contributed by atoms with Gasteiger partial charge in [-0.2, -0.15) is 0 Å². The first kappa shape index (κ1) is 17.4. The zero-order valence-electron chi connectivity index (χ0n) is 12.2. The first-order valence-electron chi connectivity index (χ1n) is 6.89. The van der Waals surface area contributed by atoms with E-state index in [1.807, 2.05) is 0 Å². The zero-order valence-corrected chi connectivity index (χ0v) is 13.1. The number of amides is 1. The molecule has 1 rings (SSSR count). The summed E-state index contributed by atoms with van der Waals surface area (Å²) in [7, 11) is -4.20. The monoisotopic (exact) mass is 304 g/mol. The fraction of sp³-hybridized carbons (Fsp3) is 0.769. The Balaban J connectivity index is 2.85. The maximum absolute atomic E-state index is 11.3. The first-order chi connectivity index (χ1) is 9.11. The Bertz CT molecular complexity index is 430. The number of rotatable bonds is 5. The van der Waals surface area contributed by atoms with Crippen LogP contribution in [0.3, 0.4) is 0 Å². The van der Waals surface area contributed by atoms with Crippen LogP contribution >= 0.6 is 7.60 Å². The molecule has 0 saturated heterocycles. The molecule has 6 nitrogen and oxygen atoms in total. The van der Waals surface area contributed by atoms with Crippen molar-refractivity contribution < 1.29 is 19.1 Å². The maximum Gasteiger partial charge on any atom is 0.351 e. The van der Waals surface area contributed by atoms with Gasteiger partial charge in [0.05, 0.1) is 0 Å². The number of hydrogen-bond acceptors (Lipinski definition) is 3. The summed E-state index contributed by atoms with van der Waals surface area (Å²) < 4.78 is 11.3. The van der Waals surface area contributed by atoms with E-state index < -0.39 is 7.60 Å². The Morgan fingerprint density at radius 2 is 2.15 bits per heavy atom. The Kier molecular flexibility index (Phi) is 5.95. The van der Waals surface area contributed by atoms with Crippen molar-refractivity contribution >= 4 is 13.5 Å². The summed E-state index contributed by atoms with van der Waals surface area (Å²) in [4.78, 5) is 29.7. The summed E-state index contributed by atoms with van der Waals surface area (Å²) in [5.41, 5.74) is 6.08. The number of nitrogens with two attached hydrogens (primary N) is 1. The quantitative estimate of drug-likeness (QED) is 0.572. The van der Waals surface area contributed by atoms with Crippen LogP contribution in [0, 0.1) is 11.8 Å². The van der Waals surface area contributed by atoms with Crippen LogP contribution < -0.4 is 11.1 Å². The van der Waals surface area contributed by atoms with Gasteiger partial charge in [-0.05, 0) is 31.1 Å². The van der Waals surface area contributed by atoms with Gasteiger partial charge >= 0.3 is 7.60 Å². The van der Waals surface area contributed by atoms with Gasteiger partial charge in [0, 0.05) is 24.3 Å². The summed E-state index contributed by atoms with van der Waals surface area (Å²) >= 11 is 0.